The van der Waals surface area contributed by atoms with Crippen molar-refractivity contribution in [2.45, 2.75) is 6.54 Å². The third kappa shape index (κ3) is 2.47. The molecule has 1 N–H and O–H groups in total. The molecule has 90 valence electrons. The van der Waals surface area contributed by atoms with E-state index < -0.39 is 0 Å². The Morgan fingerprint density at radius 3 is 2.88 bits per heavy atom. The van der Waals surface area contributed by atoms with Crippen molar-refractivity contribution in [3.05, 3.63) is 39.5 Å². The van der Waals surface area contributed by atoms with Gasteiger partial charge >= 0.3 is 0 Å². The van der Waals surface area contributed by atoms with Crippen LogP contribution in [-0.2, 0) is 20.6 Å². The minimum atomic E-state index is -0.322. The lowest BCUT2D eigenvalue weighted by molar-refractivity contribution is 0.707. The molecular formula is C10H12ClN5O. The zero-order valence-electron chi connectivity index (χ0n) is 9.51. The van der Waals surface area contributed by atoms with E-state index in [-0.39, 0.29) is 10.6 Å². The Kier molecular flexibility index (Phi) is 3.14. The van der Waals surface area contributed by atoms with Crippen molar-refractivity contribution in [2.75, 3.05) is 5.32 Å². The molecule has 2 rings (SSSR count). The topological polar surface area (TPSA) is 64.7 Å². The molecule has 0 spiro atoms. The van der Waals surface area contributed by atoms with Gasteiger partial charge in [0.2, 0.25) is 0 Å². The molecule has 0 fully saturated rings. The van der Waals surface area contributed by atoms with Crippen molar-refractivity contribution in [2.24, 2.45) is 14.1 Å². The van der Waals surface area contributed by atoms with E-state index in [2.05, 4.69) is 15.5 Å². The summed E-state index contributed by atoms with van der Waals surface area (Å²) in [5.41, 5.74) is 1.06. The van der Waals surface area contributed by atoms with Crippen molar-refractivity contribution in [3.8, 4) is 0 Å². The van der Waals surface area contributed by atoms with E-state index in [1.165, 1.54) is 10.9 Å². The fraction of sp³-hybridized carbons (Fsp3) is 0.300. The lowest BCUT2D eigenvalue weighted by atomic mass is 10.4. The SMILES string of the molecule is Cn1ccc(CNc2cnn(C)c(=O)c2Cl)n1. The predicted molar refractivity (Wildman–Crippen MR) is 65.0 cm³/mol. The van der Waals surface area contributed by atoms with Crippen LogP contribution in [0.15, 0.2) is 23.3 Å². The highest BCUT2D eigenvalue weighted by Gasteiger charge is 2.07. The Morgan fingerprint density at radius 1 is 1.47 bits per heavy atom. The molecule has 0 aliphatic carbocycles. The third-order valence-corrected chi connectivity index (χ3v) is 2.67. The average Bonchev–Trinajstić information content (AvgIpc) is 2.71. The van der Waals surface area contributed by atoms with Crippen LogP contribution in [0.5, 0.6) is 0 Å². The van der Waals surface area contributed by atoms with Crippen LogP contribution in [-0.4, -0.2) is 19.6 Å². The van der Waals surface area contributed by atoms with Crippen molar-refractivity contribution >= 4 is 17.3 Å². The summed E-state index contributed by atoms with van der Waals surface area (Å²) >= 11 is 5.91. The summed E-state index contributed by atoms with van der Waals surface area (Å²) in [4.78, 5) is 11.5. The van der Waals surface area contributed by atoms with Crippen LogP contribution in [0.1, 0.15) is 5.69 Å². The van der Waals surface area contributed by atoms with Gasteiger partial charge in [0.15, 0.2) is 0 Å². The van der Waals surface area contributed by atoms with Gasteiger partial charge in [-0.05, 0) is 6.07 Å². The van der Waals surface area contributed by atoms with Gasteiger partial charge < -0.3 is 5.32 Å². The van der Waals surface area contributed by atoms with E-state index in [1.807, 2.05) is 19.3 Å². The second-order valence-electron chi connectivity index (χ2n) is 3.64. The molecule has 7 heteroatoms. The van der Waals surface area contributed by atoms with Crippen molar-refractivity contribution < 1.29 is 0 Å². The number of aromatic nitrogens is 4. The summed E-state index contributed by atoms with van der Waals surface area (Å²) in [5.74, 6) is 0. The Labute approximate surface area is 103 Å². The number of hydrogen-bond donors (Lipinski definition) is 1. The van der Waals surface area contributed by atoms with E-state index >= 15 is 0 Å². The maximum Gasteiger partial charge on any atom is 0.287 e. The van der Waals surface area contributed by atoms with Gasteiger partial charge in [-0.1, -0.05) is 11.6 Å². The van der Waals surface area contributed by atoms with Gasteiger partial charge in [0, 0.05) is 20.3 Å². The monoisotopic (exact) mass is 253 g/mol. The van der Waals surface area contributed by atoms with Crippen LogP contribution in [0.25, 0.3) is 0 Å². The van der Waals surface area contributed by atoms with Crippen LogP contribution in [0.4, 0.5) is 5.69 Å². The minimum absolute atomic E-state index is 0.137. The molecule has 0 amide bonds. The van der Waals surface area contributed by atoms with Crippen LogP contribution in [0.3, 0.4) is 0 Å². The molecule has 0 aliphatic rings. The van der Waals surface area contributed by atoms with E-state index in [0.29, 0.717) is 12.2 Å². The highest BCUT2D eigenvalue weighted by molar-refractivity contribution is 6.32. The largest absolute Gasteiger partial charge is 0.377 e. The maximum atomic E-state index is 11.5. The number of halogens is 1. The normalized spacial score (nSPS) is 10.5. The summed E-state index contributed by atoms with van der Waals surface area (Å²) in [6.07, 6.45) is 3.37. The van der Waals surface area contributed by atoms with Crippen LogP contribution >= 0.6 is 11.6 Å². The molecule has 0 aromatic carbocycles. The van der Waals surface area contributed by atoms with Crippen LogP contribution in [0, 0.1) is 0 Å². The van der Waals surface area contributed by atoms with Crippen LogP contribution < -0.4 is 10.9 Å². The van der Waals surface area contributed by atoms with Gasteiger partial charge in [-0.25, -0.2) is 4.68 Å². The summed E-state index contributed by atoms with van der Waals surface area (Å²) in [7, 11) is 3.40. The zero-order chi connectivity index (χ0) is 12.4. The average molecular weight is 254 g/mol. The first kappa shape index (κ1) is 11.7. The van der Waals surface area contributed by atoms with Gasteiger partial charge in [0.1, 0.15) is 5.02 Å². The summed E-state index contributed by atoms with van der Waals surface area (Å²) in [6, 6.07) is 1.88. The molecule has 0 unspecified atom stereocenters. The number of rotatable bonds is 3. The summed E-state index contributed by atoms with van der Waals surface area (Å²) in [6.45, 7) is 0.495. The smallest absolute Gasteiger partial charge is 0.287 e. The molecule has 6 nitrogen and oxygen atoms in total. The Balaban J connectivity index is 2.15. The molecule has 0 saturated carbocycles. The minimum Gasteiger partial charge on any atom is -0.377 e. The molecule has 0 aliphatic heterocycles. The summed E-state index contributed by atoms with van der Waals surface area (Å²) in [5, 5.41) is 11.3. The highest BCUT2D eigenvalue weighted by atomic mass is 35.5. The van der Waals surface area contributed by atoms with E-state index in [4.69, 9.17) is 11.6 Å². The zero-order valence-corrected chi connectivity index (χ0v) is 10.3. The molecule has 2 aromatic rings. The molecule has 2 aromatic heterocycles. The number of nitrogens with zero attached hydrogens (tertiary/aromatic N) is 4. The first-order chi connectivity index (χ1) is 8.08. The Bertz CT molecular complexity index is 589. The second kappa shape index (κ2) is 4.58. The van der Waals surface area contributed by atoms with Gasteiger partial charge in [0.25, 0.3) is 5.56 Å². The van der Waals surface area contributed by atoms with Crippen molar-refractivity contribution in [1.82, 2.24) is 19.6 Å². The lowest BCUT2D eigenvalue weighted by Gasteiger charge is -2.06. The maximum absolute atomic E-state index is 11.5. The number of anilines is 1. The fourth-order valence-electron chi connectivity index (χ4n) is 1.38. The van der Waals surface area contributed by atoms with Gasteiger partial charge in [-0.3, -0.25) is 9.48 Å². The lowest BCUT2D eigenvalue weighted by Crippen LogP contribution is -2.21. The second-order valence-corrected chi connectivity index (χ2v) is 4.01. The van der Waals surface area contributed by atoms with E-state index in [1.54, 1.807) is 11.7 Å². The van der Waals surface area contributed by atoms with Crippen molar-refractivity contribution in [1.29, 1.82) is 0 Å². The quantitative estimate of drug-likeness (QED) is 0.878. The predicted octanol–water partition coefficient (Wildman–Crippen LogP) is 0.779. The summed E-state index contributed by atoms with van der Waals surface area (Å²) < 4.78 is 2.90. The third-order valence-electron chi connectivity index (χ3n) is 2.31. The van der Waals surface area contributed by atoms with Gasteiger partial charge in [-0.15, -0.1) is 0 Å². The first-order valence-corrected chi connectivity index (χ1v) is 5.40. The van der Waals surface area contributed by atoms with E-state index in [9.17, 15) is 4.79 Å². The standard InChI is InChI=1S/C10H12ClN5O/c1-15-4-3-7(14-15)5-12-8-6-13-16(2)10(17)9(8)11/h3-4,6,12H,5H2,1-2H3. The van der Waals surface area contributed by atoms with Gasteiger partial charge in [-0.2, -0.15) is 10.2 Å². The highest BCUT2D eigenvalue weighted by Crippen LogP contribution is 2.15. The Morgan fingerprint density at radius 2 is 2.24 bits per heavy atom. The number of hydrogen-bond acceptors (Lipinski definition) is 4. The van der Waals surface area contributed by atoms with Gasteiger partial charge in [0.05, 0.1) is 24.1 Å². The van der Waals surface area contributed by atoms with Crippen LogP contribution in [0.2, 0.25) is 5.02 Å². The molecule has 0 saturated heterocycles. The first-order valence-electron chi connectivity index (χ1n) is 5.02. The molecule has 2 heterocycles. The fourth-order valence-corrected chi connectivity index (χ4v) is 1.62. The molecule has 17 heavy (non-hydrogen) atoms. The molecular weight excluding hydrogens is 242 g/mol. The van der Waals surface area contributed by atoms with E-state index in [0.717, 1.165) is 5.69 Å². The Hall–Kier alpha value is -1.82. The molecule has 0 atom stereocenters. The van der Waals surface area contributed by atoms with Crippen molar-refractivity contribution in [3.63, 3.8) is 0 Å². The number of nitrogens with one attached hydrogen (secondary N) is 1. The number of aryl methyl sites for hydroxylation is 2. The molecule has 0 bridgehead atoms. The molecule has 0 radical (unpaired) electrons.